The van der Waals surface area contributed by atoms with E-state index in [2.05, 4.69) is 44.5 Å². The van der Waals surface area contributed by atoms with E-state index in [4.69, 9.17) is 0 Å². The highest BCUT2D eigenvalue weighted by atomic mass is 16.1. The molecule has 2 aromatic rings. The minimum absolute atomic E-state index is 0.0845. The lowest BCUT2D eigenvalue weighted by Crippen LogP contribution is -2.42. The minimum atomic E-state index is 0.0845. The van der Waals surface area contributed by atoms with Crippen LogP contribution in [0.25, 0.3) is 0 Å². The zero-order chi connectivity index (χ0) is 18.8. The predicted octanol–water partition coefficient (Wildman–Crippen LogP) is 3.50. The number of amides is 1. The van der Waals surface area contributed by atoms with E-state index in [-0.39, 0.29) is 17.9 Å². The molecule has 27 heavy (non-hydrogen) atoms. The number of aromatic nitrogens is 2. The summed E-state index contributed by atoms with van der Waals surface area (Å²) in [5.74, 6) is 1.09. The van der Waals surface area contributed by atoms with Crippen LogP contribution in [0.4, 0.5) is 5.95 Å². The van der Waals surface area contributed by atoms with Gasteiger partial charge in [0.1, 0.15) is 0 Å². The predicted molar refractivity (Wildman–Crippen MR) is 107 cm³/mol. The van der Waals surface area contributed by atoms with Crippen LogP contribution in [0.5, 0.6) is 0 Å². The maximum atomic E-state index is 12.9. The summed E-state index contributed by atoms with van der Waals surface area (Å²) in [6.07, 6.45) is 5.02. The first-order valence-electron chi connectivity index (χ1n) is 10.1. The Morgan fingerprint density at radius 2 is 1.78 bits per heavy atom. The summed E-state index contributed by atoms with van der Waals surface area (Å²) in [6, 6.07) is 10.7. The highest BCUT2D eigenvalue weighted by molar-refractivity contribution is 5.79. The number of nitrogens with zero attached hydrogens (tertiary/aromatic N) is 3. The summed E-state index contributed by atoms with van der Waals surface area (Å²) in [6.45, 7) is 5.67. The van der Waals surface area contributed by atoms with Gasteiger partial charge in [-0.05, 0) is 63.1 Å². The van der Waals surface area contributed by atoms with Crippen molar-refractivity contribution in [2.45, 2.75) is 52.0 Å². The van der Waals surface area contributed by atoms with Crippen molar-refractivity contribution in [3.63, 3.8) is 0 Å². The lowest BCUT2D eigenvalue weighted by atomic mass is 9.87. The van der Waals surface area contributed by atoms with Crippen LogP contribution in [0, 0.1) is 19.8 Å². The maximum Gasteiger partial charge on any atom is 0.225 e. The van der Waals surface area contributed by atoms with Crippen LogP contribution in [0.2, 0.25) is 0 Å². The van der Waals surface area contributed by atoms with Gasteiger partial charge in [0.05, 0.1) is 6.04 Å². The zero-order valence-corrected chi connectivity index (χ0v) is 16.2. The molecule has 1 aliphatic carbocycles. The molecular weight excluding hydrogens is 336 g/mol. The molecule has 1 aromatic carbocycles. The van der Waals surface area contributed by atoms with Crippen molar-refractivity contribution in [3.05, 3.63) is 52.8 Å². The molecule has 1 aromatic heterocycles. The number of rotatable bonds is 3. The molecule has 0 spiro atoms. The van der Waals surface area contributed by atoms with Crippen LogP contribution >= 0.6 is 0 Å². The average Bonchev–Trinajstić information content (AvgIpc) is 2.68. The third-order valence-electron chi connectivity index (χ3n) is 5.80. The van der Waals surface area contributed by atoms with Crippen molar-refractivity contribution < 1.29 is 4.79 Å². The molecule has 0 bridgehead atoms. The summed E-state index contributed by atoms with van der Waals surface area (Å²) in [5, 5.41) is 3.33. The molecule has 5 heteroatoms. The summed E-state index contributed by atoms with van der Waals surface area (Å²) in [4.78, 5) is 24.2. The van der Waals surface area contributed by atoms with Crippen molar-refractivity contribution in [3.8, 4) is 0 Å². The number of aryl methyl sites for hydroxylation is 3. The van der Waals surface area contributed by atoms with Crippen LogP contribution < -0.4 is 10.2 Å². The van der Waals surface area contributed by atoms with E-state index >= 15 is 0 Å². The number of carbonyl (C=O) groups is 1. The summed E-state index contributed by atoms with van der Waals surface area (Å²) in [5.41, 5.74) is 4.68. The van der Waals surface area contributed by atoms with Crippen LogP contribution in [0.15, 0.2) is 30.3 Å². The second-order valence-electron chi connectivity index (χ2n) is 7.86. The van der Waals surface area contributed by atoms with Crippen LogP contribution in [0.3, 0.4) is 0 Å². The highest BCUT2D eigenvalue weighted by Crippen LogP contribution is 2.30. The van der Waals surface area contributed by atoms with Gasteiger partial charge in [-0.25, -0.2) is 9.97 Å². The highest BCUT2D eigenvalue weighted by Gasteiger charge is 2.29. The Balaban J connectivity index is 1.37. The van der Waals surface area contributed by atoms with Gasteiger partial charge >= 0.3 is 0 Å². The number of fused-ring (bicyclic) bond motifs is 1. The van der Waals surface area contributed by atoms with Gasteiger partial charge in [0.15, 0.2) is 0 Å². The van der Waals surface area contributed by atoms with Gasteiger partial charge in [0.25, 0.3) is 0 Å². The van der Waals surface area contributed by atoms with E-state index in [0.29, 0.717) is 0 Å². The quantitative estimate of drug-likeness (QED) is 0.906. The molecule has 2 aliphatic rings. The molecule has 0 unspecified atom stereocenters. The van der Waals surface area contributed by atoms with Gasteiger partial charge in [-0.15, -0.1) is 0 Å². The third-order valence-corrected chi connectivity index (χ3v) is 5.80. The number of benzene rings is 1. The van der Waals surface area contributed by atoms with E-state index in [0.717, 1.165) is 62.5 Å². The van der Waals surface area contributed by atoms with Crippen LogP contribution in [-0.4, -0.2) is 29.0 Å². The van der Waals surface area contributed by atoms with Crippen molar-refractivity contribution in [2.24, 2.45) is 5.92 Å². The standard InChI is InChI=1S/C22H28N4O/c1-15-14-16(2)24-22(23-15)26-12-10-18(11-13-26)21(27)25-20-9-5-7-17-6-3-4-8-19(17)20/h3-4,6,8,14,18,20H,5,7,9-13H2,1-2H3,(H,25,27)/t20-/m1/s1. The van der Waals surface area contributed by atoms with Crippen LogP contribution in [-0.2, 0) is 11.2 Å². The van der Waals surface area contributed by atoms with Gasteiger partial charge in [-0.2, -0.15) is 0 Å². The topological polar surface area (TPSA) is 58.1 Å². The number of carbonyl (C=O) groups excluding carboxylic acids is 1. The molecule has 1 atom stereocenters. The molecule has 142 valence electrons. The average molecular weight is 364 g/mol. The molecule has 1 aliphatic heterocycles. The van der Waals surface area contributed by atoms with Crippen LogP contribution in [0.1, 0.15) is 54.2 Å². The largest absolute Gasteiger partial charge is 0.349 e. The van der Waals surface area contributed by atoms with Crippen molar-refractivity contribution in [1.82, 2.24) is 15.3 Å². The Kier molecular flexibility index (Phi) is 5.10. The lowest BCUT2D eigenvalue weighted by Gasteiger charge is -2.33. The number of anilines is 1. The zero-order valence-electron chi connectivity index (χ0n) is 16.2. The first-order chi connectivity index (χ1) is 13.1. The molecule has 1 saturated heterocycles. The van der Waals surface area contributed by atoms with Gasteiger partial charge < -0.3 is 10.2 Å². The maximum absolute atomic E-state index is 12.9. The number of nitrogens with one attached hydrogen (secondary N) is 1. The molecule has 0 radical (unpaired) electrons. The normalized spacial score (nSPS) is 20.2. The van der Waals surface area contributed by atoms with E-state index in [1.54, 1.807) is 0 Å². The Bertz CT molecular complexity index is 807. The van der Waals surface area contributed by atoms with Crippen molar-refractivity contribution >= 4 is 11.9 Å². The van der Waals surface area contributed by atoms with E-state index in [9.17, 15) is 4.79 Å². The molecule has 0 saturated carbocycles. The summed E-state index contributed by atoms with van der Waals surface area (Å²) >= 11 is 0. The Morgan fingerprint density at radius 3 is 2.52 bits per heavy atom. The second kappa shape index (κ2) is 7.67. The Hall–Kier alpha value is -2.43. The monoisotopic (exact) mass is 364 g/mol. The van der Waals surface area contributed by atoms with Crippen molar-refractivity contribution in [2.75, 3.05) is 18.0 Å². The Labute approximate surface area is 161 Å². The number of hydrogen-bond acceptors (Lipinski definition) is 4. The molecular formula is C22H28N4O. The fraction of sp³-hybridized carbons (Fsp3) is 0.500. The summed E-state index contributed by atoms with van der Waals surface area (Å²) < 4.78 is 0. The molecule has 4 rings (SSSR count). The van der Waals surface area contributed by atoms with Crippen molar-refractivity contribution in [1.29, 1.82) is 0 Å². The van der Waals surface area contributed by atoms with E-state index < -0.39 is 0 Å². The molecule has 2 heterocycles. The summed E-state index contributed by atoms with van der Waals surface area (Å²) in [7, 11) is 0. The number of hydrogen-bond donors (Lipinski definition) is 1. The molecule has 1 amide bonds. The minimum Gasteiger partial charge on any atom is -0.349 e. The molecule has 1 N–H and O–H groups in total. The second-order valence-corrected chi connectivity index (χ2v) is 7.86. The SMILES string of the molecule is Cc1cc(C)nc(N2CCC(C(=O)N[C@@H]3CCCc4ccccc43)CC2)n1. The first kappa shape index (κ1) is 18.0. The van der Waals surface area contributed by atoms with Gasteiger partial charge in [-0.1, -0.05) is 24.3 Å². The smallest absolute Gasteiger partial charge is 0.225 e. The molecule has 1 fully saturated rings. The van der Waals surface area contributed by atoms with E-state index in [1.807, 2.05) is 19.9 Å². The fourth-order valence-electron chi connectivity index (χ4n) is 4.38. The lowest BCUT2D eigenvalue weighted by molar-refractivity contribution is -0.126. The van der Waals surface area contributed by atoms with Gasteiger partial charge in [0, 0.05) is 30.4 Å². The number of piperidine rings is 1. The van der Waals surface area contributed by atoms with Gasteiger partial charge in [0.2, 0.25) is 11.9 Å². The Morgan fingerprint density at radius 1 is 1.07 bits per heavy atom. The van der Waals surface area contributed by atoms with E-state index in [1.165, 1.54) is 11.1 Å². The molecule has 5 nitrogen and oxygen atoms in total. The first-order valence-corrected chi connectivity index (χ1v) is 10.1. The van der Waals surface area contributed by atoms with Gasteiger partial charge in [-0.3, -0.25) is 4.79 Å². The fourth-order valence-corrected chi connectivity index (χ4v) is 4.38. The third kappa shape index (κ3) is 3.97.